The van der Waals surface area contributed by atoms with E-state index in [9.17, 15) is 10.1 Å². The average molecular weight is 229 g/mol. The molecule has 0 aliphatic heterocycles. The lowest BCUT2D eigenvalue weighted by molar-refractivity contribution is -0.383. The normalized spacial score (nSPS) is 10.6. The number of halogens is 1. The van der Waals surface area contributed by atoms with Gasteiger partial charge >= 0.3 is 0 Å². The first kappa shape index (κ1) is 9.36. The van der Waals surface area contributed by atoms with Crippen molar-refractivity contribution >= 4 is 38.8 Å². The molecule has 4 nitrogen and oxygen atoms in total. The van der Waals surface area contributed by atoms with Crippen LogP contribution in [0.2, 0.25) is 0 Å². The van der Waals surface area contributed by atoms with E-state index in [0.717, 1.165) is 4.70 Å². The molecular formula is C8H5ClN2O2S. The van der Waals surface area contributed by atoms with Crippen molar-refractivity contribution in [1.29, 1.82) is 0 Å². The molecule has 0 saturated heterocycles. The molecule has 0 N–H and O–H groups in total. The molecule has 0 unspecified atom stereocenters. The van der Waals surface area contributed by atoms with E-state index >= 15 is 0 Å². The van der Waals surface area contributed by atoms with Gasteiger partial charge in [-0.3, -0.25) is 10.1 Å². The lowest BCUT2D eigenvalue weighted by atomic mass is 10.3. The van der Waals surface area contributed by atoms with E-state index in [4.69, 9.17) is 11.6 Å². The number of benzene rings is 1. The first-order chi connectivity index (χ1) is 6.72. The highest BCUT2D eigenvalue weighted by Crippen LogP contribution is 2.29. The number of fused-ring (bicyclic) bond motifs is 1. The number of hydrogen-bond donors (Lipinski definition) is 0. The Kier molecular flexibility index (Phi) is 2.35. The molecule has 0 bridgehead atoms. The van der Waals surface area contributed by atoms with E-state index in [2.05, 4.69) is 4.98 Å². The monoisotopic (exact) mass is 228 g/mol. The zero-order chi connectivity index (χ0) is 10.1. The number of hydrogen-bond acceptors (Lipinski definition) is 4. The van der Waals surface area contributed by atoms with Crippen molar-refractivity contribution in [3.8, 4) is 0 Å². The van der Waals surface area contributed by atoms with E-state index in [0.29, 0.717) is 10.5 Å². The summed E-state index contributed by atoms with van der Waals surface area (Å²) in [7, 11) is 0. The van der Waals surface area contributed by atoms with Gasteiger partial charge in [-0.15, -0.1) is 22.9 Å². The molecule has 0 fully saturated rings. The Labute approximate surface area is 88.3 Å². The van der Waals surface area contributed by atoms with Gasteiger partial charge in [0.05, 0.1) is 15.5 Å². The Balaban J connectivity index is 2.73. The molecular weight excluding hydrogens is 224 g/mol. The number of aromatic nitrogens is 1. The molecule has 0 atom stereocenters. The van der Waals surface area contributed by atoms with Crippen molar-refractivity contribution in [2.24, 2.45) is 0 Å². The number of non-ortho nitro benzene ring substituents is 1. The Hall–Kier alpha value is -1.20. The number of nitro benzene ring substituents is 1. The van der Waals surface area contributed by atoms with Crippen molar-refractivity contribution in [3.05, 3.63) is 33.3 Å². The van der Waals surface area contributed by atoms with E-state index in [1.165, 1.54) is 17.4 Å². The predicted molar refractivity (Wildman–Crippen MR) is 55.8 cm³/mol. The fourth-order valence-corrected chi connectivity index (χ4v) is 2.25. The molecule has 1 aromatic carbocycles. The third-order valence-corrected chi connectivity index (χ3v) is 3.19. The van der Waals surface area contributed by atoms with Gasteiger partial charge in [0, 0.05) is 6.07 Å². The third kappa shape index (κ3) is 1.44. The van der Waals surface area contributed by atoms with Crippen molar-refractivity contribution in [1.82, 2.24) is 4.98 Å². The maximum absolute atomic E-state index is 10.6. The van der Waals surface area contributed by atoms with Crippen molar-refractivity contribution < 1.29 is 4.92 Å². The van der Waals surface area contributed by atoms with Crippen LogP contribution in [0.5, 0.6) is 0 Å². The largest absolute Gasteiger partial charge is 0.296 e. The van der Waals surface area contributed by atoms with Crippen molar-refractivity contribution in [3.63, 3.8) is 0 Å². The lowest BCUT2D eigenvalue weighted by Crippen LogP contribution is -1.88. The highest BCUT2D eigenvalue weighted by atomic mass is 35.5. The zero-order valence-corrected chi connectivity index (χ0v) is 8.51. The minimum atomic E-state index is -0.430. The maximum atomic E-state index is 10.6. The predicted octanol–water partition coefficient (Wildman–Crippen LogP) is 2.94. The van der Waals surface area contributed by atoms with Crippen molar-refractivity contribution in [2.75, 3.05) is 0 Å². The van der Waals surface area contributed by atoms with Gasteiger partial charge in [0.1, 0.15) is 5.01 Å². The quantitative estimate of drug-likeness (QED) is 0.451. The van der Waals surface area contributed by atoms with Gasteiger partial charge in [-0.05, 0) is 6.07 Å². The van der Waals surface area contributed by atoms with Crippen molar-refractivity contribution in [2.45, 2.75) is 5.88 Å². The van der Waals surface area contributed by atoms with Gasteiger partial charge in [0.2, 0.25) is 0 Å². The summed E-state index contributed by atoms with van der Waals surface area (Å²) in [6, 6.07) is 4.90. The highest BCUT2D eigenvalue weighted by molar-refractivity contribution is 7.18. The van der Waals surface area contributed by atoms with Crippen LogP contribution in [-0.2, 0) is 5.88 Å². The van der Waals surface area contributed by atoms with E-state index in [-0.39, 0.29) is 11.6 Å². The second kappa shape index (κ2) is 3.51. The molecule has 0 saturated carbocycles. The van der Waals surface area contributed by atoms with Gasteiger partial charge in [-0.2, -0.15) is 0 Å². The van der Waals surface area contributed by atoms with Crippen LogP contribution in [0.4, 0.5) is 5.69 Å². The van der Waals surface area contributed by atoms with Gasteiger partial charge in [-0.25, -0.2) is 4.98 Å². The Morgan fingerprint density at radius 1 is 1.57 bits per heavy atom. The van der Waals surface area contributed by atoms with E-state index in [1.54, 1.807) is 12.1 Å². The Bertz CT molecular complexity index is 497. The van der Waals surface area contributed by atoms with Gasteiger partial charge in [-0.1, -0.05) is 6.07 Å². The second-order valence-corrected chi connectivity index (χ2v) is 4.00. The van der Waals surface area contributed by atoms with Crippen LogP contribution >= 0.6 is 22.9 Å². The molecule has 1 aromatic heterocycles. The van der Waals surface area contributed by atoms with E-state index < -0.39 is 4.92 Å². The summed E-state index contributed by atoms with van der Waals surface area (Å²) in [5.41, 5.74) is 0.466. The van der Waals surface area contributed by atoms with E-state index in [1.807, 2.05) is 0 Å². The molecule has 1 heterocycles. The van der Waals surface area contributed by atoms with Crippen LogP contribution in [0.3, 0.4) is 0 Å². The standard InChI is InChI=1S/C8H5ClN2O2S/c9-4-7-10-8-5(11(12)13)2-1-3-6(8)14-7/h1-3H,4H2. The van der Waals surface area contributed by atoms with Gasteiger partial charge < -0.3 is 0 Å². The minimum Gasteiger partial charge on any atom is -0.258 e. The number of alkyl halides is 1. The molecule has 6 heteroatoms. The first-order valence-corrected chi connectivity index (χ1v) is 5.16. The number of nitrogens with zero attached hydrogens (tertiary/aromatic N) is 2. The topological polar surface area (TPSA) is 56.0 Å². The molecule has 14 heavy (non-hydrogen) atoms. The number of nitro groups is 1. The minimum absolute atomic E-state index is 0.0371. The summed E-state index contributed by atoms with van der Waals surface area (Å²) in [5, 5.41) is 11.4. The number of rotatable bonds is 2. The fraction of sp³-hybridized carbons (Fsp3) is 0.125. The first-order valence-electron chi connectivity index (χ1n) is 3.81. The van der Waals surface area contributed by atoms with Crippen LogP contribution < -0.4 is 0 Å². The van der Waals surface area contributed by atoms with Crippen LogP contribution in [0.1, 0.15) is 5.01 Å². The summed E-state index contributed by atoms with van der Waals surface area (Å²) in [6.45, 7) is 0. The molecule has 0 aliphatic carbocycles. The summed E-state index contributed by atoms with van der Waals surface area (Å²) >= 11 is 6.99. The van der Waals surface area contributed by atoms with Crippen LogP contribution in [0, 0.1) is 10.1 Å². The van der Waals surface area contributed by atoms with Crippen LogP contribution in [0.25, 0.3) is 10.2 Å². The van der Waals surface area contributed by atoms with Crippen LogP contribution in [0.15, 0.2) is 18.2 Å². The molecule has 0 spiro atoms. The summed E-state index contributed by atoms with van der Waals surface area (Å²) in [5.74, 6) is 0.288. The van der Waals surface area contributed by atoms with Crippen LogP contribution in [-0.4, -0.2) is 9.91 Å². The third-order valence-electron chi connectivity index (χ3n) is 1.75. The molecule has 2 aromatic rings. The molecule has 0 aliphatic rings. The lowest BCUT2D eigenvalue weighted by Gasteiger charge is -1.90. The number of para-hydroxylation sites is 1. The summed E-state index contributed by atoms with van der Waals surface area (Å²) in [6.07, 6.45) is 0. The van der Waals surface area contributed by atoms with Gasteiger partial charge in [0.15, 0.2) is 5.52 Å². The molecule has 0 radical (unpaired) electrons. The smallest absolute Gasteiger partial charge is 0.258 e. The maximum Gasteiger partial charge on any atom is 0.296 e. The average Bonchev–Trinajstić information content (AvgIpc) is 2.59. The summed E-state index contributed by atoms with van der Waals surface area (Å²) in [4.78, 5) is 14.3. The zero-order valence-electron chi connectivity index (χ0n) is 6.94. The van der Waals surface area contributed by atoms with Gasteiger partial charge in [0.25, 0.3) is 5.69 Å². The highest BCUT2D eigenvalue weighted by Gasteiger charge is 2.14. The fourth-order valence-electron chi connectivity index (χ4n) is 1.18. The Morgan fingerprint density at radius 3 is 3.00 bits per heavy atom. The molecule has 0 amide bonds. The summed E-state index contributed by atoms with van der Waals surface area (Å²) < 4.78 is 0.801. The molecule has 2 rings (SSSR count). The number of thiazole rings is 1. The SMILES string of the molecule is O=[N+]([O-])c1cccc2sc(CCl)nc12. The Morgan fingerprint density at radius 2 is 2.36 bits per heavy atom. The second-order valence-electron chi connectivity index (χ2n) is 2.62. The molecule has 72 valence electrons.